The molecule has 0 saturated carbocycles. The number of hydrogen-bond donors (Lipinski definition) is 2. The van der Waals surface area contributed by atoms with Crippen LogP contribution in [0.15, 0.2) is 41.5 Å². The summed E-state index contributed by atoms with van der Waals surface area (Å²) in [5, 5.41) is 3.05. The van der Waals surface area contributed by atoms with E-state index in [-0.39, 0.29) is 11.0 Å². The van der Waals surface area contributed by atoms with Crippen LogP contribution in [0.2, 0.25) is 5.02 Å². The van der Waals surface area contributed by atoms with Crippen molar-refractivity contribution in [2.75, 3.05) is 12.4 Å². The minimum absolute atomic E-state index is 0.0383. The van der Waals surface area contributed by atoms with Gasteiger partial charge in [0.25, 0.3) is 5.91 Å². The summed E-state index contributed by atoms with van der Waals surface area (Å²) in [6, 6.07) is 6.10. The molecule has 0 atom stereocenters. The molecule has 0 fully saturated rings. The minimum Gasteiger partial charge on any atom is -0.495 e. The molecule has 1 aromatic heterocycles. The highest BCUT2D eigenvalue weighted by Crippen LogP contribution is 2.27. The Morgan fingerprint density at radius 2 is 2.16 bits per heavy atom. The van der Waals surface area contributed by atoms with Crippen LogP contribution in [-0.2, 0) is 0 Å². The van der Waals surface area contributed by atoms with E-state index in [0.29, 0.717) is 16.5 Å². The molecule has 98 valence electrons. The van der Waals surface area contributed by atoms with Crippen molar-refractivity contribution in [2.45, 2.75) is 0 Å². The number of anilines is 1. The lowest BCUT2D eigenvalue weighted by atomic mass is 10.2. The fourth-order valence-corrected chi connectivity index (χ4v) is 1.72. The van der Waals surface area contributed by atoms with Crippen LogP contribution >= 0.6 is 11.6 Å². The molecule has 19 heavy (non-hydrogen) atoms. The maximum atomic E-state index is 11.9. The van der Waals surface area contributed by atoms with E-state index in [1.54, 1.807) is 18.2 Å². The summed E-state index contributed by atoms with van der Waals surface area (Å²) in [7, 11) is 1.48. The largest absolute Gasteiger partial charge is 0.495 e. The average molecular weight is 279 g/mol. The van der Waals surface area contributed by atoms with Gasteiger partial charge in [0.2, 0.25) is 0 Å². The zero-order valence-corrected chi connectivity index (χ0v) is 10.8. The quantitative estimate of drug-likeness (QED) is 0.905. The summed E-state index contributed by atoms with van der Waals surface area (Å²) in [6.07, 6.45) is 2.81. The lowest BCUT2D eigenvalue weighted by Gasteiger charge is -2.08. The molecule has 2 aromatic rings. The topological polar surface area (TPSA) is 71.2 Å². The van der Waals surface area contributed by atoms with Crippen LogP contribution in [-0.4, -0.2) is 18.0 Å². The maximum absolute atomic E-state index is 11.9. The van der Waals surface area contributed by atoms with Crippen molar-refractivity contribution in [3.05, 3.63) is 57.5 Å². The van der Waals surface area contributed by atoms with E-state index in [9.17, 15) is 9.59 Å². The molecular formula is C13H11ClN2O3. The first kappa shape index (κ1) is 13.2. The number of methoxy groups -OCH3 is 1. The molecule has 1 heterocycles. The number of aromatic amines is 1. The molecule has 0 aliphatic rings. The summed E-state index contributed by atoms with van der Waals surface area (Å²) >= 11 is 5.88. The number of pyridine rings is 1. The predicted molar refractivity (Wildman–Crippen MR) is 73.0 cm³/mol. The van der Waals surface area contributed by atoms with Gasteiger partial charge in [-0.05, 0) is 12.1 Å². The smallest absolute Gasteiger partial charge is 0.261 e. The highest BCUT2D eigenvalue weighted by molar-refractivity contribution is 6.32. The normalized spacial score (nSPS) is 10.0. The predicted octanol–water partition coefficient (Wildman–Crippen LogP) is 2.29. The molecule has 1 aromatic carbocycles. The zero-order valence-electron chi connectivity index (χ0n) is 10.1. The van der Waals surface area contributed by atoms with Gasteiger partial charge in [-0.1, -0.05) is 11.6 Å². The molecule has 2 N–H and O–H groups in total. The summed E-state index contributed by atoms with van der Waals surface area (Å²) in [6.45, 7) is 0. The molecule has 5 nitrogen and oxygen atoms in total. The van der Waals surface area contributed by atoms with Crippen molar-refractivity contribution in [1.29, 1.82) is 0 Å². The van der Waals surface area contributed by atoms with Crippen LogP contribution in [0.4, 0.5) is 5.69 Å². The van der Waals surface area contributed by atoms with Crippen molar-refractivity contribution in [2.24, 2.45) is 0 Å². The molecule has 0 spiro atoms. The highest BCUT2D eigenvalue weighted by Gasteiger charge is 2.10. The molecule has 1 amide bonds. The average Bonchev–Trinajstić information content (AvgIpc) is 2.41. The van der Waals surface area contributed by atoms with Crippen molar-refractivity contribution in [1.82, 2.24) is 4.98 Å². The standard InChI is InChI=1S/C13H11ClN2O3/c1-19-12-6-8(2-3-10(12)14)16-13(18)9-7-15-5-4-11(9)17/h2-7H,1H3,(H,15,17)(H,16,18). The second kappa shape index (κ2) is 5.58. The third-order valence-electron chi connectivity index (χ3n) is 2.48. The SMILES string of the molecule is COc1cc(NC(=O)c2c[nH]ccc2=O)ccc1Cl. The number of H-pyrrole nitrogens is 1. The Hall–Kier alpha value is -2.27. The van der Waals surface area contributed by atoms with Crippen molar-refractivity contribution in [3.63, 3.8) is 0 Å². The monoisotopic (exact) mass is 278 g/mol. The Morgan fingerprint density at radius 3 is 2.84 bits per heavy atom. The number of amides is 1. The third-order valence-corrected chi connectivity index (χ3v) is 2.79. The van der Waals surface area contributed by atoms with Gasteiger partial charge >= 0.3 is 0 Å². The van der Waals surface area contributed by atoms with Gasteiger partial charge in [-0.25, -0.2) is 0 Å². The first-order valence-corrected chi connectivity index (χ1v) is 5.81. The second-order valence-electron chi connectivity index (χ2n) is 3.73. The Morgan fingerprint density at radius 1 is 1.37 bits per heavy atom. The van der Waals surface area contributed by atoms with Crippen molar-refractivity contribution >= 4 is 23.2 Å². The number of aromatic nitrogens is 1. The maximum Gasteiger partial charge on any atom is 0.261 e. The number of rotatable bonds is 3. The number of halogens is 1. The van der Waals surface area contributed by atoms with Gasteiger partial charge in [-0.2, -0.15) is 0 Å². The van der Waals surface area contributed by atoms with Crippen molar-refractivity contribution in [3.8, 4) is 5.75 Å². The van der Waals surface area contributed by atoms with E-state index in [0.717, 1.165) is 0 Å². The van der Waals surface area contributed by atoms with E-state index in [4.69, 9.17) is 16.3 Å². The number of hydrogen-bond acceptors (Lipinski definition) is 3. The second-order valence-corrected chi connectivity index (χ2v) is 4.13. The molecule has 0 aliphatic heterocycles. The van der Waals surface area contributed by atoms with Crippen molar-refractivity contribution < 1.29 is 9.53 Å². The molecule has 0 aliphatic carbocycles. The molecule has 0 radical (unpaired) electrons. The summed E-state index contributed by atoms with van der Waals surface area (Å²) in [5.41, 5.74) is 0.183. The van der Waals surface area contributed by atoms with Gasteiger partial charge in [0, 0.05) is 30.2 Å². The molecular weight excluding hydrogens is 268 g/mol. The lowest BCUT2D eigenvalue weighted by Crippen LogP contribution is -2.20. The van der Waals surface area contributed by atoms with Crippen LogP contribution in [0.25, 0.3) is 0 Å². The Kier molecular flexibility index (Phi) is 3.87. The number of benzene rings is 1. The minimum atomic E-state index is -0.494. The fourth-order valence-electron chi connectivity index (χ4n) is 1.53. The number of nitrogens with one attached hydrogen (secondary N) is 2. The van der Waals surface area contributed by atoms with Crippen LogP contribution in [0.1, 0.15) is 10.4 Å². The molecule has 0 saturated heterocycles. The van der Waals surface area contributed by atoms with Gasteiger partial charge in [0.15, 0.2) is 5.43 Å². The molecule has 0 bridgehead atoms. The van der Waals surface area contributed by atoms with E-state index in [1.165, 1.54) is 25.6 Å². The van der Waals surface area contributed by atoms with Gasteiger partial charge < -0.3 is 15.0 Å². The van der Waals surface area contributed by atoms with E-state index in [2.05, 4.69) is 10.3 Å². The Bertz CT molecular complexity index is 667. The van der Waals surface area contributed by atoms with Gasteiger partial charge in [-0.3, -0.25) is 9.59 Å². The van der Waals surface area contributed by atoms with Crippen LogP contribution < -0.4 is 15.5 Å². The number of carbonyl (C=O) groups is 1. The molecule has 6 heteroatoms. The summed E-state index contributed by atoms with van der Waals surface area (Å²) in [5.74, 6) is -0.0485. The van der Waals surface area contributed by atoms with E-state index < -0.39 is 5.91 Å². The zero-order chi connectivity index (χ0) is 13.8. The van der Waals surface area contributed by atoms with Crippen LogP contribution in [0.5, 0.6) is 5.75 Å². The molecule has 0 unspecified atom stereocenters. The Balaban J connectivity index is 2.25. The van der Waals surface area contributed by atoms with Gasteiger partial charge in [0.05, 0.1) is 12.1 Å². The first-order valence-electron chi connectivity index (χ1n) is 5.44. The summed E-state index contributed by atoms with van der Waals surface area (Å²) in [4.78, 5) is 26.1. The fraction of sp³-hybridized carbons (Fsp3) is 0.0769. The lowest BCUT2D eigenvalue weighted by molar-refractivity contribution is 0.102. The van der Waals surface area contributed by atoms with Crippen LogP contribution in [0, 0.1) is 0 Å². The third kappa shape index (κ3) is 2.95. The summed E-state index contributed by atoms with van der Waals surface area (Å²) < 4.78 is 5.05. The van der Waals surface area contributed by atoms with Crippen LogP contribution in [0.3, 0.4) is 0 Å². The first-order chi connectivity index (χ1) is 9.11. The number of ether oxygens (including phenoxy) is 1. The van der Waals surface area contributed by atoms with Gasteiger partial charge in [-0.15, -0.1) is 0 Å². The molecule has 2 rings (SSSR count). The number of carbonyl (C=O) groups excluding carboxylic acids is 1. The van der Waals surface area contributed by atoms with Gasteiger partial charge in [0.1, 0.15) is 11.3 Å². The van der Waals surface area contributed by atoms with E-state index >= 15 is 0 Å². The highest BCUT2D eigenvalue weighted by atomic mass is 35.5. The van der Waals surface area contributed by atoms with E-state index in [1.807, 2.05) is 0 Å². The Labute approximate surface area is 114 Å².